The maximum absolute atomic E-state index is 8.81. The maximum Gasteiger partial charge on any atom is 0.0638 e. The van der Waals surface area contributed by atoms with Crippen LogP contribution in [0.25, 0.3) is 0 Å². The molecule has 1 fully saturated rings. The second kappa shape index (κ2) is 6.06. The summed E-state index contributed by atoms with van der Waals surface area (Å²) in [6.07, 6.45) is 0.610. The molecule has 0 aromatic heterocycles. The van der Waals surface area contributed by atoms with Crippen LogP contribution in [0.3, 0.4) is 0 Å². The summed E-state index contributed by atoms with van der Waals surface area (Å²) in [5, 5.41) is 8.81. The Morgan fingerprint density at radius 3 is 2.80 bits per heavy atom. The highest BCUT2D eigenvalue weighted by molar-refractivity contribution is 4.91. The zero-order valence-electron chi connectivity index (χ0n) is 9.94. The van der Waals surface area contributed by atoms with Crippen molar-refractivity contribution in [1.82, 2.24) is 9.80 Å². The fourth-order valence-electron chi connectivity index (χ4n) is 2.34. The lowest BCUT2D eigenvalue weighted by atomic mass is 10.1. The number of likely N-dealkylation sites (N-methyl/N-ethyl adjacent to an activating group) is 1. The number of nitriles is 1. The fourth-order valence-corrected chi connectivity index (χ4v) is 2.34. The molecular weight excluding hydrogens is 190 g/mol. The minimum absolute atomic E-state index is 0.360. The van der Waals surface area contributed by atoms with Gasteiger partial charge in [0, 0.05) is 38.8 Å². The Bertz CT molecular complexity index is 226. The molecule has 2 atom stereocenters. The van der Waals surface area contributed by atoms with Gasteiger partial charge in [-0.25, -0.2) is 0 Å². The molecule has 0 radical (unpaired) electrons. The van der Waals surface area contributed by atoms with Gasteiger partial charge in [-0.1, -0.05) is 0 Å². The van der Waals surface area contributed by atoms with Crippen molar-refractivity contribution in [3.63, 3.8) is 0 Å². The Morgan fingerprint density at radius 2 is 2.20 bits per heavy atom. The molecule has 4 nitrogen and oxygen atoms in total. The van der Waals surface area contributed by atoms with E-state index in [1.807, 2.05) is 0 Å². The molecule has 0 aromatic carbocycles. The molecule has 2 unspecified atom stereocenters. The third kappa shape index (κ3) is 3.45. The van der Waals surface area contributed by atoms with Gasteiger partial charge in [-0.2, -0.15) is 5.26 Å². The third-order valence-electron chi connectivity index (χ3n) is 3.01. The Kier molecular flexibility index (Phi) is 5.03. The van der Waals surface area contributed by atoms with Crippen LogP contribution < -0.4 is 0 Å². The first-order valence-corrected chi connectivity index (χ1v) is 5.49. The SMILES string of the molecule is COCCN1C(C)CN(C)CC1CC#N. The monoisotopic (exact) mass is 211 g/mol. The minimum atomic E-state index is 0.360. The van der Waals surface area contributed by atoms with Gasteiger partial charge in [-0.15, -0.1) is 0 Å². The van der Waals surface area contributed by atoms with Crippen LogP contribution in [0.1, 0.15) is 13.3 Å². The molecule has 0 saturated carbocycles. The molecular formula is C11H21N3O. The molecule has 1 aliphatic heterocycles. The van der Waals surface area contributed by atoms with Gasteiger partial charge in [0.1, 0.15) is 0 Å². The summed E-state index contributed by atoms with van der Waals surface area (Å²) in [7, 11) is 3.84. The van der Waals surface area contributed by atoms with Gasteiger partial charge in [-0.3, -0.25) is 4.90 Å². The molecule has 86 valence electrons. The van der Waals surface area contributed by atoms with Crippen molar-refractivity contribution in [3.8, 4) is 6.07 Å². The van der Waals surface area contributed by atoms with E-state index < -0.39 is 0 Å². The molecule has 15 heavy (non-hydrogen) atoms. The van der Waals surface area contributed by atoms with Crippen LogP contribution in [-0.4, -0.2) is 62.3 Å². The van der Waals surface area contributed by atoms with Crippen LogP contribution in [0, 0.1) is 11.3 Å². The molecule has 1 rings (SSSR count). The number of nitrogens with zero attached hydrogens (tertiary/aromatic N) is 3. The summed E-state index contributed by atoms with van der Waals surface area (Å²) >= 11 is 0. The highest BCUT2D eigenvalue weighted by atomic mass is 16.5. The predicted octanol–water partition coefficient (Wildman–Crippen LogP) is 0.551. The van der Waals surface area contributed by atoms with Gasteiger partial charge < -0.3 is 9.64 Å². The van der Waals surface area contributed by atoms with Gasteiger partial charge in [0.2, 0.25) is 0 Å². The van der Waals surface area contributed by atoms with Gasteiger partial charge in [-0.05, 0) is 14.0 Å². The van der Waals surface area contributed by atoms with Crippen molar-refractivity contribution in [3.05, 3.63) is 0 Å². The Hall–Kier alpha value is -0.630. The number of rotatable bonds is 4. The van der Waals surface area contributed by atoms with E-state index in [0.717, 1.165) is 26.2 Å². The smallest absolute Gasteiger partial charge is 0.0638 e. The van der Waals surface area contributed by atoms with E-state index in [1.165, 1.54) is 0 Å². The molecule has 0 bridgehead atoms. The van der Waals surface area contributed by atoms with Crippen molar-refractivity contribution in [1.29, 1.82) is 5.26 Å². The second-order valence-electron chi connectivity index (χ2n) is 4.32. The van der Waals surface area contributed by atoms with Crippen molar-refractivity contribution in [2.24, 2.45) is 0 Å². The standard InChI is InChI=1S/C11H21N3O/c1-10-8-13(2)9-11(4-5-12)14(10)6-7-15-3/h10-11H,4,6-9H2,1-3H3. The largest absolute Gasteiger partial charge is 0.383 e. The maximum atomic E-state index is 8.81. The van der Waals surface area contributed by atoms with E-state index >= 15 is 0 Å². The first kappa shape index (κ1) is 12.4. The van der Waals surface area contributed by atoms with E-state index in [-0.39, 0.29) is 0 Å². The molecule has 0 aliphatic carbocycles. The van der Waals surface area contributed by atoms with Crippen molar-refractivity contribution in [2.45, 2.75) is 25.4 Å². The lowest BCUT2D eigenvalue weighted by Gasteiger charge is -2.43. The Balaban J connectivity index is 2.56. The average molecular weight is 211 g/mol. The van der Waals surface area contributed by atoms with E-state index in [2.05, 4.69) is 29.8 Å². The normalized spacial score (nSPS) is 28.9. The second-order valence-corrected chi connectivity index (χ2v) is 4.32. The minimum Gasteiger partial charge on any atom is -0.383 e. The van der Waals surface area contributed by atoms with E-state index in [1.54, 1.807) is 7.11 Å². The third-order valence-corrected chi connectivity index (χ3v) is 3.01. The number of methoxy groups -OCH3 is 1. The molecule has 0 amide bonds. The van der Waals surface area contributed by atoms with Gasteiger partial charge >= 0.3 is 0 Å². The zero-order valence-corrected chi connectivity index (χ0v) is 9.94. The van der Waals surface area contributed by atoms with Crippen molar-refractivity contribution < 1.29 is 4.74 Å². The number of piperazine rings is 1. The first-order chi connectivity index (χ1) is 7.19. The summed E-state index contributed by atoms with van der Waals surface area (Å²) < 4.78 is 5.11. The topological polar surface area (TPSA) is 39.5 Å². The average Bonchev–Trinajstić information content (AvgIpc) is 2.17. The van der Waals surface area contributed by atoms with Crippen LogP contribution in [0.4, 0.5) is 0 Å². The molecule has 0 N–H and O–H groups in total. The van der Waals surface area contributed by atoms with Crippen LogP contribution in [-0.2, 0) is 4.74 Å². The van der Waals surface area contributed by atoms with Gasteiger partial charge in [0.15, 0.2) is 0 Å². The van der Waals surface area contributed by atoms with Gasteiger partial charge in [0.25, 0.3) is 0 Å². The first-order valence-electron chi connectivity index (χ1n) is 5.49. The summed E-state index contributed by atoms with van der Waals surface area (Å²) in [6, 6.07) is 3.15. The highest BCUT2D eigenvalue weighted by Crippen LogP contribution is 2.16. The van der Waals surface area contributed by atoms with Crippen LogP contribution in [0.2, 0.25) is 0 Å². The molecule has 0 spiro atoms. The quantitative estimate of drug-likeness (QED) is 0.681. The number of hydrogen-bond acceptors (Lipinski definition) is 4. The van der Waals surface area contributed by atoms with Crippen LogP contribution >= 0.6 is 0 Å². The number of hydrogen-bond donors (Lipinski definition) is 0. The fraction of sp³-hybridized carbons (Fsp3) is 0.909. The van der Waals surface area contributed by atoms with Crippen molar-refractivity contribution >= 4 is 0 Å². The highest BCUT2D eigenvalue weighted by Gasteiger charge is 2.29. The van der Waals surface area contributed by atoms with Crippen LogP contribution in [0.15, 0.2) is 0 Å². The molecule has 1 saturated heterocycles. The van der Waals surface area contributed by atoms with Crippen LogP contribution in [0.5, 0.6) is 0 Å². The molecule has 1 heterocycles. The Labute approximate surface area is 92.4 Å². The molecule has 1 aliphatic rings. The summed E-state index contributed by atoms with van der Waals surface area (Å²) in [6.45, 7) is 5.96. The lowest BCUT2D eigenvalue weighted by molar-refractivity contribution is 0.0257. The summed E-state index contributed by atoms with van der Waals surface area (Å²) in [5.74, 6) is 0. The summed E-state index contributed by atoms with van der Waals surface area (Å²) in [5.41, 5.74) is 0. The van der Waals surface area contributed by atoms with E-state index in [0.29, 0.717) is 18.5 Å². The molecule has 0 aromatic rings. The molecule has 4 heteroatoms. The van der Waals surface area contributed by atoms with E-state index in [4.69, 9.17) is 10.00 Å². The summed E-state index contributed by atoms with van der Waals surface area (Å²) in [4.78, 5) is 4.70. The van der Waals surface area contributed by atoms with E-state index in [9.17, 15) is 0 Å². The number of ether oxygens (including phenoxy) is 1. The predicted molar refractivity (Wildman–Crippen MR) is 59.6 cm³/mol. The van der Waals surface area contributed by atoms with Crippen molar-refractivity contribution in [2.75, 3.05) is 40.4 Å². The Morgan fingerprint density at radius 1 is 1.47 bits per heavy atom. The lowest BCUT2D eigenvalue weighted by Crippen LogP contribution is -2.57. The van der Waals surface area contributed by atoms with Gasteiger partial charge in [0.05, 0.1) is 19.1 Å². The zero-order chi connectivity index (χ0) is 11.3.